The molecule has 5 nitrogen and oxygen atoms in total. The molecule has 18 heavy (non-hydrogen) atoms. The molecule has 0 saturated heterocycles. The summed E-state index contributed by atoms with van der Waals surface area (Å²) in [6, 6.07) is 1.44. The third-order valence-corrected chi connectivity index (χ3v) is 3.73. The van der Waals surface area contributed by atoms with Crippen molar-refractivity contribution in [3.8, 4) is 0 Å². The summed E-state index contributed by atoms with van der Waals surface area (Å²) in [5.74, 6) is 0.964. The highest BCUT2D eigenvalue weighted by Gasteiger charge is 2.23. The topological polar surface area (TPSA) is 88.2 Å². The van der Waals surface area contributed by atoms with E-state index in [9.17, 15) is 4.79 Å². The van der Waals surface area contributed by atoms with Crippen LogP contribution in [0, 0.1) is 11.8 Å². The lowest BCUT2D eigenvalue weighted by molar-refractivity contribution is 0.0696. The zero-order valence-corrected chi connectivity index (χ0v) is 10.5. The van der Waals surface area contributed by atoms with Crippen molar-refractivity contribution in [2.45, 2.75) is 26.2 Å². The van der Waals surface area contributed by atoms with E-state index in [-0.39, 0.29) is 5.56 Å². The first-order valence-electron chi connectivity index (χ1n) is 6.30. The van der Waals surface area contributed by atoms with E-state index >= 15 is 0 Å². The van der Waals surface area contributed by atoms with Crippen molar-refractivity contribution in [3.63, 3.8) is 0 Å². The van der Waals surface area contributed by atoms with Crippen LogP contribution in [0.2, 0.25) is 0 Å². The predicted octanol–water partition coefficient (Wildman–Crippen LogP) is 2.21. The van der Waals surface area contributed by atoms with Gasteiger partial charge in [-0.05, 0) is 24.3 Å². The first-order chi connectivity index (χ1) is 8.58. The Kier molecular flexibility index (Phi) is 3.69. The molecule has 1 aromatic rings. The van der Waals surface area contributed by atoms with Crippen LogP contribution in [0.5, 0.6) is 0 Å². The first-order valence-corrected chi connectivity index (χ1v) is 6.30. The number of nitrogens with two attached hydrogens (primary N) is 1. The molecule has 0 aromatic carbocycles. The van der Waals surface area contributed by atoms with Gasteiger partial charge in [0.2, 0.25) is 0 Å². The third-order valence-electron chi connectivity index (χ3n) is 3.73. The molecule has 1 fully saturated rings. The lowest BCUT2D eigenvalue weighted by atomic mass is 9.98. The quantitative estimate of drug-likeness (QED) is 0.761. The summed E-state index contributed by atoms with van der Waals surface area (Å²) in [7, 11) is 0. The van der Waals surface area contributed by atoms with Crippen LogP contribution in [0.1, 0.15) is 36.5 Å². The molecule has 5 heteroatoms. The van der Waals surface area contributed by atoms with Crippen LogP contribution in [0.15, 0.2) is 12.3 Å². The van der Waals surface area contributed by atoms with Crippen LogP contribution >= 0.6 is 0 Å². The number of nitrogens with zero attached hydrogens (tertiary/aromatic N) is 1. The number of pyridine rings is 1. The fourth-order valence-corrected chi connectivity index (χ4v) is 2.50. The summed E-state index contributed by atoms with van der Waals surface area (Å²) < 4.78 is 0. The predicted molar refractivity (Wildman–Crippen MR) is 70.6 cm³/mol. The minimum absolute atomic E-state index is 0.118. The minimum Gasteiger partial charge on any atom is -0.478 e. The highest BCUT2D eigenvalue weighted by atomic mass is 16.4. The van der Waals surface area contributed by atoms with Gasteiger partial charge >= 0.3 is 5.97 Å². The highest BCUT2D eigenvalue weighted by Crippen LogP contribution is 2.31. The molecule has 1 heterocycles. The maximum atomic E-state index is 10.8. The zero-order chi connectivity index (χ0) is 13.1. The Balaban J connectivity index is 1.99. The number of aromatic carboxylic acids is 1. The van der Waals surface area contributed by atoms with Crippen LogP contribution in [0.3, 0.4) is 0 Å². The summed E-state index contributed by atoms with van der Waals surface area (Å²) in [6.45, 7) is 3.12. The third kappa shape index (κ3) is 2.72. The van der Waals surface area contributed by atoms with Crippen molar-refractivity contribution in [3.05, 3.63) is 17.8 Å². The molecule has 2 atom stereocenters. The fraction of sp³-hybridized carbons (Fsp3) is 0.538. The summed E-state index contributed by atoms with van der Waals surface area (Å²) >= 11 is 0. The molecular formula is C13H19N3O2. The molecule has 0 aliphatic heterocycles. The average molecular weight is 249 g/mol. The first kappa shape index (κ1) is 12.7. The Morgan fingerprint density at radius 2 is 2.39 bits per heavy atom. The standard InChI is InChI=1S/C13H19N3O2/c1-8-3-2-4-9(8)6-15-12-11(14)5-10(7-16-12)13(17)18/h5,7-9H,2-4,6,14H2,1H3,(H,15,16)(H,17,18). The van der Waals surface area contributed by atoms with E-state index in [0.717, 1.165) is 12.5 Å². The maximum Gasteiger partial charge on any atom is 0.337 e. The van der Waals surface area contributed by atoms with Crippen LogP contribution in [0.4, 0.5) is 11.5 Å². The van der Waals surface area contributed by atoms with Crippen LogP contribution in [-0.4, -0.2) is 22.6 Å². The Hall–Kier alpha value is -1.78. The van der Waals surface area contributed by atoms with E-state index < -0.39 is 5.97 Å². The van der Waals surface area contributed by atoms with Crippen LogP contribution in [-0.2, 0) is 0 Å². The molecule has 0 spiro atoms. The van der Waals surface area contributed by atoms with E-state index in [1.807, 2.05) is 0 Å². The van der Waals surface area contributed by atoms with Crippen LogP contribution in [0.25, 0.3) is 0 Å². The lowest BCUT2D eigenvalue weighted by Gasteiger charge is -2.17. The number of nitrogen functional groups attached to an aromatic ring is 1. The fourth-order valence-electron chi connectivity index (χ4n) is 2.50. The minimum atomic E-state index is -1.01. The van der Waals surface area contributed by atoms with E-state index in [2.05, 4.69) is 17.2 Å². The van der Waals surface area contributed by atoms with E-state index in [4.69, 9.17) is 10.8 Å². The number of nitrogens with one attached hydrogen (secondary N) is 1. The van der Waals surface area contributed by atoms with Gasteiger partial charge in [0, 0.05) is 12.7 Å². The van der Waals surface area contributed by atoms with Gasteiger partial charge in [0.15, 0.2) is 0 Å². The van der Waals surface area contributed by atoms with Crippen molar-refractivity contribution < 1.29 is 9.90 Å². The smallest absolute Gasteiger partial charge is 0.337 e. The average Bonchev–Trinajstić information content (AvgIpc) is 2.73. The van der Waals surface area contributed by atoms with Crippen molar-refractivity contribution in [1.29, 1.82) is 0 Å². The number of carboxylic acid groups (broad SMARTS) is 1. The number of carboxylic acids is 1. The molecule has 1 aliphatic carbocycles. The highest BCUT2D eigenvalue weighted by molar-refractivity contribution is 5.89. The molecule has 0 radical (unpaired) electrons. The van der Waals surface area contributed by atoms with Gasteiger partial charge < -0.3 is 16.2 Å². The number of rotatable bonds is 4. The number of hydrogen-bond acceptors (Lipinski definition) is 4. The van der Waals surface area contributed by atoms with Gasteiger partial charge in [0.1, 0.15) is 5.82 Å². The SMILES string of the molecule is CC1CCCC1CNc1ncc(C(=O)O)cc1N. The summed E-state index contributed by atoms with van der Waals surface area (Å²) in [6.07, 6.45) is 5.14. The zero-order valence-electron chi connectivity index (χ0n) is 10.5. The molecule has 0 amide bonds. The van der Waals surface area contributed by atoms with Gasteiger partial charge in [-0.15, -0.1) is 0 Å². The van der Waals surface area contributed by atoms with Gasteiger partial charge in [0.25, 0.3) is 0 Å². The molecule has 98 valence electrons. The Labute approximate surface area is 106 Å². The largest absolute Gasteiger partial charge is 0.478 e. The molecule has 1 aromatic heterocycles. The number of hydrogen-bond donors (Lipinski definition) is 3. The molecule has 1 saturated carbocycles. The second-order valence-corrected chi connectivity index (χ2v) is 5.02. The Morgan fingerprint density at radius 3 is 2.94 bits per heavy atom. The lowest BCUT2D eigenvalue weighted by Crippen LogP contribution is -2.18. The Bertz CT molecular complexity index is 448. The molecular weight excluding hydrogens is 230 g/mol. The van der Waals surface area contributed by atoms with Gasteiger partial charge in [-0.3, -0.25) is 0 Å². The summed E-state index contributed by atoms with van der Waals surface area (Å²) in [4.78, 5) is 14.8. The number of carbonyl (C=O) groups is 1. The second-order valence-electron chi connectivity index (χ2n) is 5.02. The van der Waals surface area contributed by atoms with Crippen molar-refractivity contribution in [2.24, 2.45) is 11.8 Å². The van der Waals surface area contributed by atoms with E-state index in [1.165, 1.54) is 31.5 Å². The van der Waals surface area contributed by atoms with Crippen LogP contribution < -0.4 is 11.1 Å². The Morgan fingerprint density at radius 1 is 1.61 bits per heavy atom. The van der Waals surface area contributed by atoms with Gasteiger partial charge in [0.05, 0.1) is 11.3 Å². The maximum absolute atomic E-state index is 10.8. The normalized spacial score (nSPS) is 22.9. The molecule has 2 unspecified atom stereocenters. The summed E-state index contributed by atoms with van der Waals surface area (Å²) in [5.41, 5.74) is 6.30. The van der Waals surface area contributed by atoms with E-state index in [0.29, 0.717) is 17.4 Å². The van der Waals surface area contributed by atoms with E-state index in [1.54, 1.807) is 0 Å². The second kappa shape index (κ2) is 5.25. The van der Waals surface area contributed by atoms with Gasteiger partial charge in [-0.25, -0.2) is 9.78 Å². The number of anilines is 2. The number of aromatic nitrogens is 1. The molecule has 2 rings (SSSR count). The molecule has 4 N–H and O–H groups in total. The van der Waals surface area contributed by atoms with Gasteiger partial charge in [-0.2, -0.15) is 0 Å². The van der Waals surface area contributed by atoms with Crippen molar-refractivity contribution >= 4 is 17.5 Å². The monoisotopic (exact) mass is 249 g/mol. The molecule has 1 aliphatic rings. The summed E-state index contributed by atoms with van der Waals surface area (Å²) in [5, 5.41) is 12.0. The molecule has 0 bridgehead atoms. The van der Waals surface area contributed by atoms with Crippen molar-refractivity contribution in [1.82, 2.24) is 4.98 Å². The van der Waals surface area contributed by atoms with Gasteiger partial charge in [-0.1, -0.05) is 19.8 Å². The van der Waals surface area contributed by atoms with Crippen molar-refractivity contribution in [2.75, 3.05) is 17.6 Å².